The van der Waals surface area contributed by atoms with Crippen LogP contribution in [0.3, 0.4) is 0 Å². The zero-order valence-electron chi connectivity index (χ0n) is 12.8. The van der Waals surface area contributed by atoms with Gasteiger partial charge in [0, 0.05) is 12.6 Å². The van der Waals surface area contributed by atoms with E-state index >= 15 is 0 Å². The van der Waals surface area contributed by atoms with Crippen LogP contribution in [0.15, 0.2) is 60.7 Å². The zero-order chi connectivity index (χ0) is 15.6. The molecule has 0 aliphatic rings. The van der Waals surface area contributed by atoms with Crippen LogP contribution in [0.1, 0.15) is 16.7 Å². The Morgan fingerprint density at radius 2 is 1.82 bits per heavy atom. The number of aryl methyl sites for hydroxylation is 1. The Kier molecular flexibility index (Phi) is 6.39. The first-order valence-electron chi connectivity index (χ1n) is 7.38. The van der Waals surface area contributed by atoms with Crippen LogP contribution >= 0.6 is 0 Å². The largest absolute Gasteiger partial charge is 0.375 e. The molecule has 0 fully saturated rings. The van der Waals surface area contributed by atoms with Crippen molar-refractivity contribution in [3.05, 3.63) is 77.4 Å². The maximum Gasteiger partial charge on any atom is 0.244 e. The minimum Gasteiger partial charge on any atom is -0.375 e. The average Bonchev–Trinajstić information content (AvgIpc) is 2.55. The Hall–Kier alpha value is -2.39. The van der Waals surface area contributed by atoms with E-state index in [1.807, 2.05) is 61.5 Å². The van der Waals surface area contributed by atoms with Gasteiger partial charge in [0.2, 0.25) is 5.91 Å². The van der Waals surface area contributed by atoms with Crippen LogP contribution < -0.4 is 5.32 Å². The van der Waals surface area contributed by atoms with Crippen LogP contribution in [0.5, 0.6) is 0 Å². The third-order valence-electron chi connectivity index (χ3n) is 3.16. The smallest absolute Gasteiger partial charge is 0.244 e. The van der Waals surface area contributed by atoms with Gasteiger partial charge in [-0.3, -0.25) is 4.79 Å². The number of hydrogen-bond donors (Lipinski definition) is 1. The van der Waals surface area contributed by atoms with E-state index in [0.717, 1.165) is 11.1 Å². The van der Waals surface area contributed by atoms with Gasteiger partial charge in [-0.2, -0.15) is 0 Å². The van der Waals surface area contributed by atoms with Crippen LogP contribution in [0.25, 0.3) is 6.08 Å². The van der Waals surface area contributed by atoms with Gasteiger partial charge in [-0.05, 0) is 24.1 Å². The molecule has 3 heteroatoms. The topological polar surface area (TPSA) is 38.3 Å². The first kappa shape index (κ1) is 16.0. The first-order chi connectivity index (χ1) is 10.7. The van der Waals surface area contributed by atoms with Gasteiger partial charge < -0.3 is 10.1 Å². The van der Waals surface area contributed by atoms with Gasteiger partial charge in [0.15, 0.2) is 0 Å². The van der Waals surface area contributed by atoms with Crippen molar-refractivity contribution in [3.8, 4) is 0 Å². The van der Waals surface area contributed by atoms with Gasteiger partial charge in [-0.15, -0.1) is 0 Å². The van der Waals surface area contributed by atoms with E-state index < -0.39 is 0 Å². The summed E-state index contributed by atoms with van der Waals surface area (Å²) in [7, 11) is 0. The number of rotatable bonds is 7. The molecule has 0 saturated heterocycles. The molecule has 0 bridgehead atoms. The fourth-order valence-corrected chi connectivity index (χ4v) is 1.92. The molecule has 1 amide bonds. The molecule has 3 nitrogen and oxygen atoms in total. The van der Waals surface area contributed by atoms with Crippen molar-refractivity contribution in [2.24, 2.45) is 0 Å². The summed E-state index contributed by atoms with van der Waals surface area (Å²) in [4.78, 5) is 11.7. The summed E-state index contributed by atoms with van der Waals surface area (Å²) in [6.45, 7) is 3.61. The second-order valence-electron chi connectivity index (χ2n) is 5.07. The zero-order valence-corrected chi connectivity index (χ0v) is 12.8. The van der Waals surface area contributed by atoms with Gasteiger partial charge in [0.1, 0.15) is 0 Å². The highest BCUT2D eigenvalue weighted by atomic mass is 16.5. The van der Waals surface area contributed by atoms with E-state index in [2.05, 4.69) is 5.32 Å². The Balaban J connectivity index is 1.62. The van der Waals surface area contributed by atoms with Crippen molar-refractivity contribution in [1.82, 2.24) is 5.32 Å². The molecule has 0 aromatic heterocycles. The number of ether oxygens (including phenoxy) is 1. The molecule has 2 aromatic carbocycles. The molecular formula is C19H21NO2. The van der Waals surface area contributed by atoms with E-state index in [1.165, 1.54) is 5.56 Å². The summed E-state index contributed by atoms with van der Waals surface area (Å²) in [5.41, 5.74) is 3.35. The minimum atomic E-state index is -0.108. The third kappa shape index (κ3) is 5.94. The maximum absolute atomic E-state index is 11.7. The van der Waals surface area contributed by atoms with Crippen LogP contribution in [0.4, 0.5) is 0 Å². The molecule has 2 aromatic rings. The second kappa shape index (κ2) is 8.80. The summed E-state index contributed by atoms with van der Waals surface area (Å²) in [5, 5.41) is 2.80. The highest BCUT2D eigenvalue weighted by molar-refractivity contribution is 5.91. The minimum absolute atomic E-state index is 0.108. The molecule has 0 atom stereocenters. The fourth-order valence-electron chi connectivity index (χ4n) is 1.92. The summed E-state index contributed by atoms with van der Waals surface area (Å²) in [6, 6.07) is 18.0. The molecule has 0 heterocycles. The molecule has 0 unspecified atom stereocenters. The van der Waals surface area contributed by atoms with E-state index in [9.17, 15) is 4.79 Å². The quantitative estimate of drug-likeness (QED) is 0.628. The fraction of sp³-hybridized carbons (Fsp3) is 0.211. The van der Waals surface area contributed by atoms with Crippen molar-refractivity contribution in [1.29, 1.82) is 0 Å². The number of carbonyl (C=O) groups excluding carboxylic acids is 1. The Morgan fingerprint density at radius 1 is 1.09 bits per heavy atom. The first-order valence-corrected chi connectivity index (χ1v) is 7.38. The molecule has 0 radical (unpaired) electrons. The standard InChI is InChI=1S/C19H21NO2/c1-16-7-9-17(10-8-16)11-12-19(21)20-13-14-22-15-18-5-3-2-4-6-18/h2-12H,13-15H2,1H3,(H,20,21)/b12-11+. The molecule has 1 N–H and O–H groups in total. The van der Waals surface area contributed by atoms with Crippen molar-refractivity contribution in [2.75, 3.05) is 13.2 Å². The lowest BCUT2D eigenvalue weighted by Crippen LogP contribution is -2.25. The molecule has 0 spiro atoms. The number of benzene rings is 2. The summed E-state index contributed by atoms with van der Waals surface area (Å²) in [5.74, 6) is -0.108. The van der Waals surface area contributed by atoms with Gasteiger partial charge in [0.05, 0.1) is 13.2 Å². The molecule has 0 aliphatic heterocycles. The van der Waals surface area contributed by atoms with Gasteiger partial charge >= 0.3 is 0 Å². The van der Waals surface area contributed by atoms with Crippen LogP contribution in [0.2, 0.25) is 0 Å². The lowest BCUT2D eigenvalue weighted by atomic mass is 10.1. The Morgan fingerprint density at radius 3 is 2.55 bits per heavy atom. The number of amides is 1. The SMILES string of the molecule is Cc1ccc(/C=C/C(=O)NCCOCc2ccccc2)cc1. The van der Waals surface area contributed by atoms with Crippen molar-refractivity contribution in [3.63, 3.8) is 0 Å². The van der Waals surface area contributed by atoms with Gasteiger partial charge in [0.25, 0.3) is 0 Å². The van der Waals surface area contributed by atoms with Crippen LogP contribution in [-0.2, 0) is 16.1 Å². The lowest BCUT2D eigenvalue weighted by molar-refractivity contribution is -0.116. The molecule has 22 heavy (non-hydrogen) atoms. The highest BCUT2D eigenvalue weighted by Crippen LogP contribution is 2.04. The number of nitrogens with one attached hydrogen (secondary N) is 1. The number of hydrogen-bond acceptors (Lipinski definition) is 2. The van der Waals surface area contributed by atoms with E-state index in [-0.39, 0.29) is 5.91 Å². The Bertz CT molecular complexity index is 603. The molecule has 0 aliphatic carbocycles. The second-order valence-corrected chi connectivity index (χ2v) is 5.07. The Labute approximate surface area is 131 Å². The molecule has 2 rings (SSSR count). The van der Waals surface area contributed by atoms with Crippen molar-refractivity contribution in [2.45, 2.75) is 13.5 Å². The van der Waals surface area contributed by atoms with Gasteiger partial charge in [-0.1, -0.05) is 60.2 Å². The molecule has 0 saturated carbocycles. The molecular weight excluding hydrogens is 274 g/mol. The lowest BCUT2D eigenvalue weighted by Gasteiger charge is -2.05. The monoisotopic (exact) mass is 295 g/mol. The third-order valence-corrected chi connectivity index (χ3v) is 3.16. The van der Waals surface area contributed by atoms with Crippen molar-refractivity contribution >= 4 is 12.0 Å². The normalized spacial score (nSPS) is 10.8. The van der Waals surface area contributed by atoms with Crippen molar-refractivity contribution < 1.29 is 9.53 Å². The highest BCUT2D eigenvalue weighted by Gasteiger charge is 1.96. The summed E-state index contributed by atoms with van der Waals surface area (Å²) < 4.78 is 5.51. The molecule has 114 valence electrons. The predicted octanol–water partition coefficient (Wildman–Crippen LogP) is 3.34. The van der Waals surface area contributed by atoms with Crippen LogP contribution in [-0.4, -0.2) is 19.1 Å². The predicted molar refractivity (Wildman–Crippen MR) is 89.3 cm³/mol. The number of carbonyl (C=O) groups is 1. The van der Waals surface area contributed by atoms with E-state index in [0.29, 0.717) is 19.8 Å². The van der Waals surface area contributed by atoms with Crippen LogP contribution in [0, 0.1) is 6.92 Å². The van der Waals surface area contributed by atoms with Gasteiger partial charge in [-0.25, -0.2) is 0 Å². The van der Waals surface area contributed by atoms with E-state index in [4.69, 9.17) is 4.74 Å². The summed E-state index contributed by atoms with van der Waals surface area (Å²) in [6.07, 6.45) is 3.35. The maximum atomic E-state index is 11.7. The van der Waals surface area contributed by atoms with E-state index in [1.54, 1.807) is 12.2 Å². The average molecular weight is 295 g/mol. The summed E-state index contributed by atoms with van der Waals surface area (Å²) >= 11 is 0.